The number of para-hydroxylation sites is 4. The number of imidazole rings is 2. The molecule has 0 saturated carbocycles. The van der Waals surface area contributed by atoms with Crippen molar-refractivity contribution in [3.8, 4) is 22.9 Å². The number of hydrogen-bond donors (Lipinski definition) is 0. The van der Waals surface area contributed by atoms with Crippen LogP contribution in [0.3, 0.4) is 0 Å². The largest absolute Gasteiger partial charge is 3.00 e. The van der Waals surface area contributed by atoms with Crippen LogP contribution < -0.4 is 9.97 Å². The molecule has 0 saturated heterocycles. The fourth-order valence-electron chi connectivity index (χ4n) is 7.34. The van der Waals surface area contributed by atoms with Gasteiger partial charge in [-0.25, -0.2) is 0 Å². The topological polar surface area (TPSA) is 66.9 Å². The first-order chi connectivity index (χ1) is 22.5. The number of fused-ring (bicyclic) bond motifs is 4. The number of hydrogen-bond acceptors (Lipinski definition) is 3. The second-order valence-corrected chi connectivity index (χ2v) is 12.4. The summed E-state index contributed by atoms with van der Waals surface area (Å²) >= 11 is 0. The van der Waals surface area contributed by atoms with Crippen molar-refractivity contribution in [3.63, 3.8) is 0 Å². The van der Waals surface area contributed by atoms with E-state index in [-0.39, 0.29) is 27.8 Å². The third kappa shape index (κ3) is 4.39. The molecule has 228 valence electrons. The van der Waals surface area contributed by atoms with Crippen LogP contribution in [0.25, 0.3) is 45.0 Å². The molecule has 9 rings (SSSR count). The minimum Gasteiger partial charge on any atom is -0.483 e. The molecule has 0 amide bonds. The first-order valence-corrected chi connectivity index (χ1v) is 15.5. The van der Waals surface area contributed by atoms with E-state index in [0.29, 0.717) is 11.6 Å². The molecule has 0 unspecified atom stereocenters. The minimum atomic E-state index is -0.785. The van der Waals surface area contributed by atoms with Gasteiger partial charge in [0.25, 0.3) is 0 Å². The molecule has 0 N–H and O–H groups in total. The maximum absolute atomic E-state index is 5.42. The Labute approximate surface area is 288 Å². The monoisotopic (exact) mass is 787 g/mol. The summed E-state index contributed by atoms with van der Waals surface area (Å²) in [7, 11) is 0. The molecule has 0 spiro atoms. The molecule has 0 radical (unpaired) electrons. The molecule has 3 aromatic heterocycles. The predicted octanol–water partition coefficient (Wildman–Crippen LogP) is 8.25. The number of rotatable bonds is 4. The summed E-state index contributed by atoms with van der Waals surface area (Å²) in [5.74, 6) is 1.28. The Morgan fingerprint density at radius 3 is 1.68 bits per heavy atom. The molecule has 1 aliphatic carbocycles. The van der Waals surface area contributed by atoms with Crippen molar-refractivity contribution in [2.45, 2.75) is 24.7 Å². The van der Waals surface area contributed by atoms with Crippen molar-refractivity contribution in [1.29, 1.82) is 0 Å². The van der Waals surface area contributed by atoms with E-state index in [4.69, 9.17) is 24.9 Å². The summed E-state index contributed by atoms with van der Waals surface area (Å²) < 4.78 is 0. The van der Waals surface area contributed by atoms with Crippen LogP contribution in [0.5, 0.6) is 0 Å². The van der Waals surface area contributed by atoms with Gasteiger partial charge < -0.3 is 19.9 Å². The van der Waals surface area contributed by atoms with Crippen LogP contribution in [0.4, 0.5) is 0 Å². The van der Waals surface area contributed by atoms with E-state index >= 15 is 0 Å². The molecule has 0 fully saturated rings. The standard InChI is InChI=1S/C41H28N5.Au/c1-40(2)28-15-3-5-17-30(28)41(31-18-6-4-16-29(31)40,27-14-11-13-26(25-27)38-43-32-19-7-8-20-33(32)44-38)37-24-12-23-36(42-37)39-45-34-21-9-10-22-35(34)46-39;/h3-24H,1-2H3;/q-3;+3. The average molecular weight is 788 g/mol. The van der Waals surface area contributed by atoms with Crippen LogP contribution in [0.15, 0.2) is 133 Å². The summed E-state index contributed by atoms with van der Waals surface area (Å²) in [5.41, 5.74) is 10.8. The zero-order chi connectivity index (χ0) is 30.9. The summed E-state index contributed by atoms with van der Waals surface area (Å²) in [6.07, 6.45) is 0. The van der Waals surface area contributed by atoms with Crippen molar-refractivity contribution in [2.75, 3.05) is 0 Å². The number of pyridine rings is 1. The van der Waals surface area contributed by atoms with Gasteiger partial charge in [0.05, 0.1) is 16.8 Å². The molecule has 47 heavy (non-hydrogen) atoms. The summed E-state index contributed by atoms with van der Waals surface area (Å²) in [6, 6.07) is 49.8. The Balaban J connectivity index is 0.00000324. The van der Waals surface area contributed by atoms with E-state index in [1.54, 1.807) is 0 Å². The Morgan fingerprint density at radius 1 is 0.511 bits per heavy atom. The third-order valence-electron chi connectivity index (χ3n) is 9.48. The van der Waals surface area contributed by atoms with Gasteiger partial charge in [-0.05, 0) is 62.3 Å². The van der Waals surface area contributed by atoms with E-state index in [2.05, 4.69) is 92.7 Å². The molecular weight excluding hydrogens is 759 g/mol. The second kappa shape index (κ2) is 11.0. The zero-order valence-corrected chi connectivity index (χ0v) is 27.9. The Hall–Kier alpha value is -5.07. The molecule has 0 bridgehead atoms. The quantitative estimate of drug-likeness (QED) is 0.133. The molecular formula is C41H28AuN5. The SMILES string of the molecule is CC1(C)c2ccccc2C(c2[c-]c(-c3nc4ccccc4[n-]3)ccc2)(c2cccc(-c3nc4ccccc4[n-]3)n2)c2ccccc21.[Au+3]. The molecule has 1 aliphatic rings. The summed E-state index contributed by atoms with van der Waals surface area (Å²) in [4.78, 5) is 24.9. The van der Waals surface area contributed by atoms with Gasteiger partial charge in [0.2, 0.25) is 0 Å². The van der Waals surface area contributed by atoms with Crippen molar-refractivity contribution >= 4 is 22.1 Å². The zero-order valence-electron chi connectivity index (χ0n) is 25.7. The maximum Gasteiger partial charge on any atom is 3.00 e. The van der Waals surface area contributed by atoms with Crippen LogP contribution in [0, 0.1) is 6.07 Å². The minimum absolute atomic E-state index is 0. The predicted molar refractivity (Wildman–Crippen MR) is 182 cm³/mol. The fourth-order valence-corrected chi connectivity index (χ4v) is 7.34. The van der Waals surface area contributed by atoms with Gasteiger partial charge in [-0.15, -0.1) is 35.7 Å². The van der Waals surface area contributed by atoms with Crippen molar-refractivity contribution in [3.05, 3.63) is 173 Å². The van der Waals surface area contributed by atoms with Gasteiger partial charge in [-0.2, -0.15) is 5.56 Å². The van der Waals surface area contributed by atoms with Crippen LogP contribution in [-0.4, -0.2) is 15.0 Å². The van der Waals surface area contributed by atoms with E-state index in [1.165, 1.54) is 22.3 Å². The Kier molecular flexibility index (Phi) is 6.88. The molecule has 5 aromatic carbocycles. The first kappa shape index (κ1) is 29.3. The Bertz CT molecular complexity index is 2200. The average Bonchev–Trinajstić information content (AvgIpc) is 3.74. The molecule has 6 heteroatoms. The van der Waals surface area contributed by atoms with E-state index < -0.39 is 5.41 Å². The molecule has 8 aromatic rings. The number of benzene rings is 5. The van der Waals surface area contributed by atoms with Crippen LogP contribution in [0.1, 0.15) is 47.4 Å². The van der Waals surface area contributed by atoms with Gasteiger partial charge in [-0.3, -0.25) is 4.98 Å². The fraction of sp³-hybridized carbons (Fsp3) is 0.0976. The second-order valence-electron chi connectivity index (χ2n) is 12.4. The normalized spacial score (nSPS) is 14.3. The van der Waals surface area contributed by atoms with E-state index in [0.717, 1.165) is 44.6 Å². The number of nitrogens with zero attached hydrogens (tertiary/aromatic N) is 5. The van der Waals surface area contributed by atoms with Crippen LogP contribution >= 0.6 is 0 Å². The molecule has 0 aliphatic heterocycles. The van der Waals surface area contributed by atoms with Crippen LogP contribution in [-0.2, 0) is 33.2 Å². The van der Waals surface area contributed by atoms with Crippen molar-refractivity contribution in [2.24, 2.45) is 0 Å². The molecule has 5 nitrogen and oxygen atoms in total. The van der Waals surface area contributed by atoms with Gasteiger partial charge >= 0.3 is 22.4 Å². The summed E-state index contributed by atoms with van der Waals surface area (Å²) in [5, 5.41) is 0. The molecule has 3 heterocycles. The summed E-state index contributed by atoms with van der Waals surface area (Å²) in [6.45, 7) is 4.62. The van der Waals surface area contributed by atoms with Gasteiger partial charge in [0.15, 0.2) is 0 Å². The van der Waals surface area contributed by atoms with Gasteiger partial charge in [0, 0.05) is 5.41 Å². The first-order valence-electron chi connectivity index (χ1n) is 15.5. The van der Waals surface area contributed by atoms with Gasteiger partial charge in [0.1, 0.15) is 0 Å². The Morgan fingerprint density at radius 2 is 1.04 bits per heavy atom. The smallest absolute Gasteiger partial charge is 0.483 e. The van der Waals surface area contributed by atoms with Crippen molar-refractivity contribution in [1.82, 2.24) is 24.9 Å². The van der Waals surface area contributed by atoms with E-state index in [9.17, 15) is 0 Å². The molecule has 0 atom stereocenters. The van der Waals surface area contributed by atoms with Crippen LogP contribution in [0.2, 0.25) is 0 Å². The number of aromatic nitrogens is 5. The maximum atomic E-state index is 5.42. The van der Waals surface area contributed by atoms with Crippen molar-refractivity contribution < 1.29 is 22.4 Å². The van der Waals surface area contributed by atoms with E-state index in [1.807, 2.05) is 60.7 Å². The third-order valence-corrected chi connectivity index (χ3v) is 9.48. The van der Waals surface area contributed by atoms with Gasteiger partial charge in [-0.1, -0.05) is 117 Å².